The molecule has 1 amide bonds. The molecule has 10 heteroatoms. The van der Waals surface area contributed by atoms with Gasteiger partial charge in [0.15, 0.2) is 0 Å². The first-order valence-corrected chi connectivity index (χ1v) is 12.4. The predicted molar refractivity (Wildman–Crippen MR) is 127 cm³/mol. The van der Waals surface area contributed by atoms with Crippen LogP contribution in [0.15, 0.2) is 42.5 Å². The molecule has 2 aromatic rings. The molecule has 0 radical (unpaired) electrons. The fourth-order valence-electron chi connectivity index (χ4n) is 3.68. The molecule has 0 spiro atoms. The molecule has 1 saturated heterocycles. The summed E-state index contributed by atoms with van der Waals surface area (Å²) in [6.07, 6.45) is 0.325. The van der Waals surface area contributed by atoms with Crippen LogP contribution in [0.5, 0.6) is 17.2 Å². The number of ether oxygens (including phenoxy) is 3. The van der Waals surface area contributed by atoms with Gasteiger partial charge in [-0.1, -0.05) is 0 Å². The number of carbonyl (C=O) groups excluding carboxylic acids is 1. The minimum Gasteiger partial charge on any atom is -0.497 e. The summed E-state index contributed by atoms with van der Waals surface area (Å²) in [5.41, 5.74) is 1.42. The molecule has 3 rings (SSSR count). The summed E-state index contributed by atoms with van der Waals surface area (Å²) in [7, 11) is 1.25. The lowest BCUT2D eigenvalue weighted by atomic mass is 10.1. The fraction of sp³-hybridized carbons (Fsp3) is 0.435. The summed E-state index contributed by atoms with van der Waals surface area (Å²) in [6, 6.07) is 12.7. The Morgan fingerprint density at radius 2 is 1.55 bits per heavy atom. The lowest BCUT2D eigenvalue weighted by Crippen LogP contribution is -2.49. The van der Waals surface area contributed by atoms with Gasteiger partial charge in [-0.2, -0.15) is 4.31 Å². The number of hydrogen-bond donors (Lipinski definition) is 1. The number of methoxy groups -OCH3 is 3. The lowest BCUT2D eigenvalue weighted by molar-refractivity contribution is 0.0950. The Kier molecular flexibility index (Phi) is 8.40. The van der Waals surface area contributed by atoms with Gasteiger partial charge in [-0.15, -0.1) is 0 Å². The highest BCUT2D eigenvalue weighted by molar-refractivity contribution is 7.89. The number of rotatable bonds is 10. The monoisotopic (exact) mass is 477 g/mol. The molecule has 1 aliphatic heterocycles. The Morgan fingerprint density at radius 1 is 0.909 bits per heavy atom. The summed E-state index contributed by atoms with van der Waals surface area (Å²) in [4.78, 5) is 14.6. The molecule has 2 aromatic carbocycles. The van der Waals surface area contributed by atoms with Crippen molar-refractivity contribution in [3.8, 4) is 17.2 Å². The molecule has 0 bridgehead atoms. The molecule has 1 fully saturated rings. The molecule has 0 atom stereocenters. The second kappa shape index (κ2) is 11.2. The third-order valence-corrected chi connectivity index (χ3v) is 7.54. The Bertz CT molecular complexity index is 1030. The second-order valence-electron chi connectivity index (χ2n) is 7.58. The van der Waals surface area contributed by atoms with Crippen molar-refractivity contribution >= 4 is 21.6 Å². The normalized spacial score (nSPS) is 14.6. The number of hydrogen-bond acceptors (Lipinski definition) is 7. The smallest absolute Gasteiger partial charge is 0.255 e. The van der Waals surface area contributed by atoms with Gasteiger partial charge in [0, 0.05) is 44.5 Å². The van der Waals surface area contributed by atoms with E-state index in [1.165, 1.54) is 18.5 Å². The molecule has 1 heterocycles. The average Bonchev–Trinajstić information content (AvgIpc) is 2.86. The van der Waals surface area contributed by atoms with Crippen molar-refractivity contribution in [2.45, 2.75) is 6.42 Å². The van der Waals surface area contributed by atoms with E-state index in [0.717, 1.165) is 11.4 Å². The molecule has 1 aliphatic rings. The van der Waals surface area contributed by atoms with Crippen LogP contribution in [-0.2, 0) is 10.0 Å². The summed E-state index contributed by atoms with van der Waals surface area (Å²) < 4.78 is 42.6. The molecule has 0 saturated carbocycles. The van der Waals surface area contributed by atoms with E-state index in [4.69, 9.17) is 14.2 Å². The van der Waals surface area contributed by atoms with Crippen molar-refractivity contribution in [3.05, 3.63) is 48.0 Å². The molecule has 0 aromatic heterocycles. The first-order valence-electron chi connectivity index (χ1n) is 10.7. The van der Waals surface area contributed by atoms with E-state index in [1.807, 2.05) is 24.3 Å². The highest BCUT2D eigenvalue weighted by Gasteiger charge is 2.26. The number of amides is 1. The standard InChI is InChI=1S/C23H31N3O6S/c1-30-19-7-5-18(6-8-19)25-12-14-26(15-13-25)33(28,29)16-4-11-24-23(27)21-10-9-20(31-2)17-22(21)32-3/h5-10,17H,4,11-16H2,1-3H3,(H,24,27). The molecular formula is C23H31N3O6S. The van der Waals surface area contributed by atoms with Crippen molar-refractivity contribution in [1.82, 2.24) is 9.62 Å². The van der Waals surface area contributed by atoms with Gasteiger partial charge in [-0.25, -0.2) is 8.42 Å². The molecule has 33 heavy (non-hydrogen) atoms. The minimum absolute atomic E-state index is 0.0183. The molecular weight excluding hydrogens is 446 g/mol. The highest BCUT2D eigenvalue weighted by Crippen LogP contribution is 2.24. The zero-order valence-electron chi connectivity index (χ0n) is 19.2. The van der Waals surface area contributed by atoms with Crippen molar-refractivity contribution in [2.24, 2.45) is 0 Å². The van der Waals surface area contributed by atoms with Crippen molar-refractivity contribution in [1.29, 1.82) is 0 Å². The van der Waals surface area contributed by atoms with Crippen LogP contribution in [0, 0.1) is 0 Å². The second-order valence-corrected chi connectivity index (χ2v) is 9.66. The van der Waals surface area contributed by atoms with Crippen LogP contribution in [-0.4, -0.2) is 78.4 Å². The summed E-state index contributed by atoms with van der Waals surface area (Å²) in [6.45, 7) is 2.37. The largest absolute Gasteiger partial charge is 0.497 e. The van der Waals surface area contributed by atoms with Crippen LogP contribution in [0.4, 0.5) is 5.69 Å². The van der Waals surface area contributed by atoms with Gasteiger partial charge in [0.2, 0.25) is 10.0 Å². The van der Waals surface area contributed by atoms with Crippen LogP contribution in [0.25, 0.3) is 0 Å². The number of nitrogens with zero attached hydrogens (tertiary/aromatic N) is 2. The zero-order valence-corrected chi connectivity index (χ0v) is 20.1. The summed E-state index contributed by atoms with van der Waals surface area (Å²) in [5, 5.41) is 2.76. The maximum absolute atomic E-state index is 12.7. The zero-order chi connectivity index (χ0) is 23.8. The van der Waals surface area contributed by atoms with Crippen LogP contribution < -0.4 is 24.4 Å². The Balaban J connectivity index is 1.45. The topological polar surface area (TPSA) is 97.4 Å². The van der Waals surface area contributed by atoms with E-state index in [1.54, 1.807) is 25.3 Å². The van der Waals surface area contributed by atoms with Gasteiger partial charge in [0.05, 0.1) is 32.6 Å². The van der Waals surface area contributed by atoms with Gasteiger partial charge in [0.25, 0.3) is 5.91 Å². The minimum atomic E-state index is -3.39. The van der Waals surface area contributed by atoms with Gasteiger partial charge >= 0.3 is 0 Å². The number of carbonyl (C=O) groups is 1. The third kappa shape index (κ3) is 6.29. The number of piperazine rings is 1. The Morgan fingerprint density at radius 3 is 2.15 bits per heavy atom. The number of nitrogens with one attached hydrogen (secondary N) is 1. The third-order valence-electron chi connectivity index (χ3n) is 5.59. The fourth-order valence-corrected chi connectivity index (χ4v) is 5.17. The van der Waals surface area contributed by atoms with Gasteiger partial charge in [-0.3, -0.25) is 4.79 Å². The van der Waals surface area contributed by atoms with E-state index >= 15 is 0 Å². The number of sulfonamides is 1. The van der Waals surface area contributed by atoms with Gasteiger partial charge < -0.3 is 24.4 Å². The van der Waals surface area contributed by atoms with Gasteiger partial charge in [-0.05, 0) is 42.8 Å². The van der Waals surface area contributed by atoms with Crippen LogP contribution >= 0.6 is 0 Å². The van der Waals surface area contributed by atoms with E-state index in [9.17, 15) is 13.2 Å². The van der Waals surface area contributed by atoms with Gasteiger partial charge in [0.1, 0.15) is 17.2 Å². The molecule has 0 unspecified atom stereocenters. The Labute approximate surface area is 195 Å². The summed E-state index contributed by atoms with van der Waals surface area (Å²) >= 11 is 0. The number of anilines is 1. The maximum atomic E-state index is 12.7. The lowest BCUT2D eigenvalue weighted by Gasteiger charge is -2.35. The molecule has 0 aliphatic carbocycles. The van der Waals surface area contributed by atoms with Crippen molar-refractivity contribution in [2.75, 3.05) is 64.7 Å². The maximum Gasteiger partial charge on any atom is 0.255 e. The van der Waals surface area contributed by atoms with E-state index < -0.39 is 10.0 Å². The first kappa shape index (κ1) is 24.7. The highest BCUT2D eigenvalue weighted by atomic mass is 32.2. The van der Waals surface area contributed by atoms with E-state index in [-0.39, 0.29) is 18.2 Å². The Hall–Kier alpha value is -2.98. The van der Waals surface area contributed by atoms with E-state index in [2.05, 4.69) is 10.2 Å². The molecule has 180 valence electrons. The van der Waals surface area contributed by atoms with Crippen LogP contribution in [0.3, 0.4) is 0 Å². The van der Waals surface area contributed by atoms with Crippen molar-refractivity contribution in [3.63, 3.8) is 0 Å². The van der Waals surface area contributed by atoms with Crippen LogP contribution in [0.1, 0.15) is 16.8 Å². The molecule has 9 nitrogen and oxygen atoms in total. The predicted octanol–water partition coefficient (Wildman–Crippen LogP) is 1.98. The van der Waals surface area contributed by atoms with Crippen molar-refractivity contribution < 1.29 is 27.4 Å². The first-order chi connectivity index (χ1) is 15.9. The quantitative estimate of drug-likeness (QED) is 0.523. The van der Waals surface area contributed by atoms with E-state index in [0.29, 0.717) is 49.7 Å². The number of benzene rings is 2. The average molecular weight is 478 g/mol. The molecule has 1 N–H and O–H groups in total. The van der Waals surface area contributed by atoms with Crippen LogP contribution in [0.2, 0.25) is 0 Å². The summed E-state index contributed by atoms with van der Waals surface area (Å²) in [5.74, 6) is 1.43. The SMILES string of the molecule is COc1ccc(N2CCN(S(=O)(=O)CCCNC(=O)c3ccc(OC)cc3OC)CC2)cc1.